The van der Waals surface area contributed by atoms with Gasteiger partial charge >= 0.3 is 0 Å². The van der Waals surface area contributed by atoms with Crippen molar-refractivity contribution in [3.8, 4) is 11.3 Å². The van der Waals surface area contributed by atoms with E-state index in [1.54, 1.807) is 4.90 Å². The Morgan fingerprint density at radius 1 is 1.19 bits per heavy atom. The zero-order chi connectivity index (χ0) is 15.4. The van der Waals surface area contributed by atoms with E-state index in [0.29, 0.717) is 5.56 Å². The summed E-state index contributed by atoms with van der Waals surface area (Å²) in [5.74, 6) is 0.0361. The van der Waals surface area contributed by atoms with Gasteiger partial charge in [-0.3, -0.25) is 9.78 Å². The smallest absolute Gasteiger partial charge is 0.255 e. The van der Waals surface area contributed by atoms with E-state index in [-0.39, 0.29) is 11.9 Å². The van der Waals surface area contributed by atoms with Crippen LogP contribution in [0.5, 0.6) is 0 Å². The van der Waals surface area contributed by atoms with Crippen molar-refractivity contribution in [1.82, 2.24) is 9.88 Å². The summed E-state index contributed by atoms with van der Waals surface area (Å²) in [5.41, 5.74) is 3.42. The third-order valence-electron chi connectivity index (χ3n) is 3.96. The number of pyridine rings is 1. The maximum Gasteiger partial charge on any atom is 0.255 e. The molecule has 0 aliphatic carbocycles. The van der Waals surface area contributed by atoms with Gasteiger partial charge in [-0.25, -0.2) is 0 Å². The molecule has 0 saturated heterocycles. The lowest BCUT2D eigenvalue weighted by atomic mass is 10.1. The predicted molar refractivity (Wildman–Crippen MR) is 86.3 cm³/mol. The SMILES string of the molecule is CCC(C)N(C)C(=O)c1ccc(-c2ccccc2)nc1C. The molecule has 0 fully saturated rings. The number of carbonyl (C=O) groups excluding carboxylic acids is 1. The van der Waals surface area contributed by atoms with Gasteiger partial charge in [0.1, 0.15) is 0 Å². The summed E-state index contributed by atoms with van der Waals surface area (Å²) < 4.78 is 0. The van der Waals surface area contributed by atoms with Crippen LogP contribution in [0.25, 0.3) is 11.3 Å². The number of aryl methyl sites for hydroxylation is 1. The highest BCUT2D eigenvalue weighted by Gasteiger charge is 2.18. The van der Waals surface area contributed by atoms with Crippen molar-refractivity contribution in [3.05, 3.63) is 53.7 Å². The number of amides is 1. The van der Waals surface area contributed by atoms with Crippen LogP contribution in [-0.4, -0.2) is 28.9 Å². The number of hydrogen-bond acceptors (Lipinski definition) is 2. The van der Waals surface area contributed by atoms with Crippen LogP contribution in [0.15, 0.2) is 42.5 Å². The Morgan fingerprint density at radius 2 is 1.86 bits per heavy atom. The molecule has 0 aliphatic rings. The van der Waals surface area contributed by atoms with E-state index in [1.165, 1.54) is 0 Å². The minimum absolute atomic E-state index is 0.0361. The van der Waals surface area contributed by atoms with Crippen LogP contribution in [0.1, 0.15) is 36.3 Å². The minimum Gasteiger partial charge on any atom is -0.339 e. The fourth-order valence-corrected chi connectivity index (χ4v) is 2.22. The van der Waals surface area contributed by atoms with Gasteiger partial charge in [-0.1, -0.05) is 37.3 Å². The van der Waals surface area contributed by atoms with Gasteiger partial charge in [-0.05, 0) is 32.4 Å². The molecular weight excluding hydrogens is 260 g/mol. The molecule has 0 saturated carbocycles. The first-order valence-corrected chi connectivity index (χ1v) is 7.34. The third-order valence-corrected chi connectivity index (χ3v) is 3.96. The fourth-order valence-electron chi connectivity index (χ4n) is 2.22. The van der Waals surface area contributed by atoms with E-state index in [0.717, 1.165) is 23.4 Å². The lowest BCUT2D eigenvalue weighted by Crippen LogP contribution is -2.35. The molecule has 0 N–H and O–H groups in total. The number of rotatable bonds is 4. The molecule has 21 heavy (non-hydrogen) atoms. The summed E-state index contributed by atoms with van der Waals surface area (Å²) in [7, 11) is 1.85. The van der Waals surface area contributed by atoms with Gasteiger partial charge in [-0.2, -0.15) is 0 Å². The van der Waals surface area contributed by atoms with E-state index in [4.69, 9.17) is 0 Å². The number of aromatic nitrogens is 1. The van der Waals surface area contributed by atoms with E-state index < -0.39 is 0 Å². The predicted octanol–water partition coefficient (Wildman–Crippen LogP) is 3.93. The lowest BCUT2D eigenvalue weighted by Gasteiger charge is -2.24. The van der Waals surface area contributed by atoms with Gasteiger partial charge in [0.25, 0.3) is 5.91 Å². The van der Waals surface area contributed by atoms with Crippen LogP contribution in [0.3, 0.4) is 0 Å². The van der Waals surface area contributed by atoms with Crippen molar-refractivity contribution in [2.75, 3.05) is 7.05 Å². The maximum absolute atomic E-state index is 12.5. The van der Waals surface area contributed by atoms with Gasteiger partial charge in [0.15, 0.2) is 0 Å². The Morgan fingerprint density at radius 3 is 2.43 bits per heavy atom. The highest BCUT2D eigenvalue weighted by Crippen LogP contribution is 2.19. The molecule has 1 aromatic heterocycles. The Balaban J connectivity index is 2.30. The summed E-state index contributed by atoms with van der Waals surface area (Å²) in [5, 5.41) is 0. The second-order valence-corrected chi connectivity index (χ2v) is 5.37. The first kappa shape index (κ1) is 15.2. The second kappa shape index (κ2) is 6.53. The third kappa shape index (κ3) is 3.30. The van der Waals surface area contributed by atoms with Gasteiger partial charge in [0, 0.05) is 18.7 Å². The maximum atomic E-state index is 12.5. The van der Waals surface area contributed by atoms with Crippen LogP contribution in [0.2, 0.25) is 0 Å². The van der Waals surface area contributed by atoms with Gasteiger partial charge < -0.3 is 4.90 Å². The molecule has 1 aromatic carbocycles. The molecule has 110 valence electrons. The van der Waals surface area contributed by atoms with Crippen molar-refractivity contribution in [2.24, 2.45) is 0 Å². The van der Waals surface area contributed by atoms with Crippen LogP contribution in [0.4, 0.5) is 0 Å². The molecule has 2 aromatic rings. The lowest BCUT2D eigenvalue weighted by molar-refractivity contribution is 0.0739. The summed E-state index contributed by atoms with van der Waals surface area (Å²) in [4.78, 5) is 18.9. The fraction of sp³-hybridized carbons (Fsp3) is 0.333. The molecule has 1 atom stereocenters. The highest BCUT2D eigenvalue weighted by atomic mass is 16.2. The summed E-state index contributed by atoms with van der Waals surface area (Å²) in [6.45, 7) is 6.03. The standard InChI is InChI=1S/C18H22N2O/c1-5-13(2)20(4)18(21)16-11-12-17(19-14(16)3)15-9-7-6-8-10-15/h6-13H,5H2,1-4H3. The Labute approximate surface area is 126 Å². The zero-order valence-electron chi connectivity index (χ0n) is 13.1. The first-order chi connectivity index (χ1) is 10.0. The van der Waals surface area contributed by atoms with E-state index in [2.05, 4.69) is 18.8 Å². The summed E-state index contributed by atoms with van der Waals surface area (Å²) in [6.07, 6.45) is 0.941. The van der Waals surface area contributed by atoms with Crippen molar-refractivity contribution in [2.45, 2.75) is 33.2 Å². The van der Waals surface area contributed by atoms with Crippen LogP contribution in [0, 0.1) is 6.92 Å². The van der Waals surface area contributed by atoms with Crippen molar-refractivity contribution in [1.29, 1.82) is 0 Å². The molecule has 0 spiro atoms. The quantitative estimate of drug-likeness (QED) is 0.851. The van der Waals surface area contributed by atoms with Crippen molar-refractivity contribution < 1.29 is 4.79 Å². The average molecular weight is 282 g/mol. The zero-order valence-corrected chi connectivity index (χ0v) is 13.1. The summed E-state index contributed by atoms with van der Waals surface area (Å²) >= 11 is 0. The number of hydrogen-bond donors (Lipinski definition) is 0. The van der Waals surface area contributed by atoms with Gasteiger partial charge in [0.2, 0.25) is 0 Å². The molecular formula is C18H22N2O. The Kier molecular flexibility index (Phi) is 4.73. The van der Waals surface area contributed by atoms with Crippen LogP contribution >= 0.6 is 0 Å². The largest absolute Gasteiger partial charge is 0.339 e. The Hall–Kier alpha value is -2.16. The number of benzene rings is 1. The molecule has 3 nitrogen and oxygen atoms in total. The molecule has 2 rings (SSSR count). The highest BCUT2D eigenvalue weighted by molar-refractivity contribution is 5.95. The normalized spacial score (nSPS) is 12.0. The van der Waals surface area contributed by atoms with E-state index in [1.807, 2.05) is 56.4 Å². The topological polar surface area (TPSA) is 33.2 Å². The molecule has 0 aliphatic heterocycles. The number of nitrogens with zero attached hydrogens (tertiary/aromatic N) is 2. The molecule has 0 radical (unpaired) electrons. The van der Waals surface area contributed by atoms with E-state index >= 15 is 0 Å². The molecule has 0 bridgehead atoms. The monoisotopic (exact) mass is 282 g/mol. The molecule has 3 heteroatoms. The minimum atomic E-state index is 0.0361. The first-order valence-electron chi connectivity index (χ1n) is 7.34. The van der Waals surface area contributed by atoms with Crippen LogP contribution < -0.4 is 0 Å². The van der Waals surface area contributed by atoms with Crippen molar-refractivity contribution in [3.63, 3.8) is 0 Å². The second-order valence-electron chi connectivity index (χ2n) is 5.37. The number of carbonyl (C=O) groups is 1. The molecule has 1 heterocycles. The average Bonchev–Trinajstić information content (AvgIpc) is 2.53. The van der Waals surface area contributed by atoms with Gasteiger partial charge in [-0.15, -0.1) is 0 Å². The Bertz CT molecular complexity index is 622. The molecule has 1 amide bonds. The summed E-state index contributed by atoms with van der Waals surface area (Å²) in [6, 6.07) is 14.0. The van der Waals surface area contributed by atoms with Gasteiger partial charge in [0.05, 0.1) is 17.0 Å². The van der Waals surface area contributed by atoms with Crippen LogP contribution in [-0.2, 0) is 0 Å². The molecule has 1 unspecified atom stereocenters. The van der Waals surface area contributed by atoms with Crippen molar-refractivity contribution >= 4 is 5.91 Å². The van der Waals surface area contributed by atoms with E-state index in [9.17, 15) is 4.79 Å².